The fourth-order valence-corrected chi connectivity index (χ4v) is 3.96. The van der Waals surface area contributed by atoms with Crippen molar-refractivity contribution >= 4 is 11.9 Å². The average molecular weight is 517 g/mol. The molecule has 1 fully saturated rings. The zero-order valence-corrected chi connectivity index (χ0v) is 23.6. The third kappa shape index (κ3) is 19.5. The molecule has 1 aliphatic rings. The molecule has 1 saturated heterocycles. The molecule has 1 rings (SSSR count). The predicted octanol–water partition coefficient (Wildman–Crippen LogP) is 7.01. The van der Waals surface area contributed by atoms with Gasteiger partial charge in [-0.3, -0.25) is 9.59 Å². The van der Waals surface area contributed by atoms with Crippen molar-refractivity contribution in [3.8, 4) is 23.7 Å². The Balaban J connectivity index is 2.18. The number of hydrogen-bond acceptors (Lipinski definition) is 6. The van der Waals surface area contributed by atoms with E-state index in [4.69, 9.17) is 18.9 Å². The molecule has 6 nitrogen and oxygen atoms in total. The van der Waals surface area contributed by atoms with Gasteiger partial charge in [0.05, 0.1) is 13.0 Å². The molecule has 1 heterocycles. The summed E-state index contributed by atoms with van der Waals surface area (Å²) >= 11 is 0. The lowest BCUT2D eigenvalue weighted by Gasteiger charge is -2.16. The molecule has 1 atom stereocenters. The van der Waals surface area contributed by atoms with Gasteiger partial charge in [-0.05, 0) is 50.5 Å². The SMILES string of the molecule is CCCCCCCCCCCCCC/C=C(/C#CC#CCCC(=O)OC[C@H]1COC(C)(C)O1)OC(C)=O. The second-order valence-electron chi connectivity index (χ2n) is 10.0. The maximum atomic E-state index is 11.8. The van der Waals surface area contributed by atoms with Crippen LogP contribution in [0.2, 0.25) is 0 Å². The van der Waals surface area contributed by atoms with Gasteiger partial charge in [-0.25, -0.2) is 0 Å². The molecule has 0 spiro atoms. The van der Waals surface area contributed by atoms with Crippen LogP contribution in [0.5, 0.6) is 0 Å². The van der Waals surface area contributed by atoms with Crippen molar-refractivity contribution in [1.29, 1.82) is 0 Å². The van der Waals surface area contributed by atoms with Crippen LogP contribution in [0.1, 0.15) is 124 Å². The van der Waals surface area contributed by atoms with Crippen LogP contribution in [-0.2, 0) is 28.5 Å². The van der Waals surface area contributed by atoms with Crippen LogP contribution < -0.4 is 0 Å². The second-order valence-corrected chi connectivity index (χ2v) is 10.0. The smallest absolute Gasteiger partial charge is 0.308 e. The number of carbonyl (C=O) groups excluding carboxylic acids is 2. The van der Waals surface area contributed by atoms with Gasteiger partial charge >= 0.3 is 11.9 Å². The quantitative estimate of drug-likeness (QED) is 0.0845. The number of ether oxygens (including phenoxy) is 4. The van der Waals surface area contributed by atoms with Gasteiger partial charge in [0.2, 0.25) is 0 Å². The highest BCUT2D eigenvalue weighted by Crippen LogP contribution is 2.22. The third-order valence-electron chi connectivity index (χ3n) is 5.93. The van der Waals surface area contributed by atoms with E-state index in [9.17, 15) is 9.59 Å². The van der Waals surface area contributed by atoms with Crippen LogP contribution >= 0.6 is 0 Å². The molecular weight excluding hydrogens is 468 g/mol. The largest absolute Gasteiger partial charge is 0.463 e. The van der Waals surface area contributed by atoms with Crippen LogP contribution in [0, 0.1) is 23.7 Å². The van der Waals surface area contributed by atoms with Crippen molar-refractivity contribution < 1.29 is 28.5 Å². The normalized spacial score (nSPS) is 16.3. The Hall–Kier alpha value is -2.28. The number of allylic oxidation sites excluding steroid dienone is 2. The summed E-state index contributed by atoms with van der Waals surface area (Å²) in [6.07, 6.45) is 18.6. The highest BCUT2D eigenvalue weighted by Gasteiger charge is 2.33. The zero-order valence-electron chi connectivity index (χ0n) is 23.6. The van der Waals surface area contributed by atoms with Gasteiger partial charge in [-0.2, -0.15) is 0 Å². The summed E-state index contributed by atoms with van der Waals surface area (Å²) in [6, 6.07) is 0. The van der Waals surface area contributed by atoms with E-state index in [0.29, 0.717) is 18.8 Å². The summed E-state index contributed by atoms with van der Waals surface area (Å²) in [5.74, 6) is 10.0. The molecule has 0 radical (unpaired) electrons. The van der Waals surface area contributed by atoms with Gasteiger partial charge in [-0.1, -0.05) is 83.5 Å². The Kier molecular flexibility index (Phi) is 18.4. The van der Waals surface area contributed by atoms with E-state index in [1.165, 1.54) is 77.6 Å². The molecule has 37 heavy (non-hydrogen) atoms. The van der Waals surface area contributed by atoms with Crippen molar-refractivity contribution in [3.05, 3.63) is 11.8 Å². The summed E-state index contributed by atoms with van der Waals surface area (Å²) < 4.78 is 21.4. The summed E-state index contributed by atoms with van der Waals surface area (Å²) in [5, 5.41) is 0. The molecular formula is C31H48O6. The average Bonchev–Trinajstić information content (AvgIpc) is 3.20. The molecule has 0 bridgehead atoms. The molecule has 0 N–H and O–H groups in total. The fourth-order valence-electron chi connectivity index (χ4n) is 3.96. The molecule has 0 aromatic heterocycles. The Morgan fingerprint density at radius 3 is 2.14 bits per heavy atom. The van der Waals surface area contributed by atoms with Crippen molar-refractivity contribution in [2.75, 3.05) is 13.2 Å². The van der Waals surface area contributed by atoms with Crippen LogP contribution in [0.25, 0.3) is 0 Å². The molecule has 1 aliphatic heterocycles. The summed E-state index contributed by atoms with van der Waals surface area (Å²) in [5.41, 5.74) is 0. The van der Waals surface area contributed by atoms with Crippen molar-refractivity contribution in [2.24, 2.45) is 0 Å². The summed E-state index contributed by atoms with van der Waals surface area (Å²) in [7, 11) is 0. The van der Waals surface area contributed by atoms with E-state index in [1.807, 2.05) is 19.9 Å². The molecule has 0 unspecified atom stereocenters. The number of unbranched alkanes of at least 4 members (excludes halogenated alkanes) is 12. The van der Waals surface area contributed by atoms with E-state index in [2.05, 4.69) is 30.6 Å². The Bertz CT molecular complexity index is 805. The van der Waals surface area contributed by atoms with Crippen LogP contribution in [-0.4, -0.2) is 37.0 Å². The van der Waals surface area contributed by atoms with Gasteiger partial charge in [0.1, 0.15) is 12.7 Å². The lowest BCUT2D eigenvalue weighted by molar-refractivity contribution is -0.158. The van der Waals surface area contributed by atoms with Crippen molar-refractivity contribution in [1.82, 2.24) is 0 Å². The Labute approximate surface area is 225 Å². The summed E-state index contributed by atoms with van der Waals surface area (Å²) in [6.45, 7) is 7.85. The van der Waals surface area contributed by atoms with E-state index in [-0.39, 0.29) is 25.1 Å². The van der Waals surface area contributed by atoms with E-state index < -0.39 is 11.8 Å². The lowest BCUT2D eigenvalue weighted by atomic mass is 10.0. The highest BCUT2D eigenvalue weighted by molar-refractivity contribution is 5.69. The van der Waals surface area contributed by atoms with Crippen LogP contribution in [0.3, 0.4) is 0 Å². The van der Waals surface area contributed by atoms with Gasteiger partial charge in [-0.15, -0.1) is 0 Å². The fraction of sp³-hybridized carbons (Fsp3) is 0.742. The molecule has 0 saturated carbocycles. The Morgan fingerprint density at radius 2 is 1.57 bits per heavy atom. The van der Waals surface area contributed by atoms with Crippen LogP contribution in [0.4, 0.5) is 0 Å². The number of carbonyl (C=O) groups is 2. The number of hydrogen-bond donors (Lipinski definition) is 0. The first-order chi connectivity index (χ1) is 17.8. The van der Waals surface area contributed by atoms with Crippen LogP contribution in [0.15, 0.2) is 11.8 Å². The number of rotatable bonds is 18. The standard InChI is InChI=1S/C31H48O6/c1-5-6-7-8-9-10-11-12-13-14-15-16-19-22-28(36-27(2)32)23-20-17-18-21-24-30(33)34-25-29-26-35-31(3,4)37-29/h22,29H,5-16,19,21,24-26H2,1-4H3/b28-22-/t29-/m0/s1. The first-order valence-corrected chi connectivity index (χ1v) is 14.2. The monoisotopic (exact) mass is 516 g/mol. The molecule has 0 aromatic carbocycles. The van der Waals surface area contributed by atoms with E-state index in [1.54, 1.807) is 0 Å². The molecule has 0 aromatic rings. The molecule has 6 heteroatoms. The first-order valence-electron chi connectivity index (χ1n) is 14.2. The first kappa shape index (κ1) is 32.7. The molecule has 0 amide bonds. The third-order valence-corrected chi connectivity index (χ3v) is 5.93. The maximum absolute atomic E-state index is 11.8. The maximum Gasteiger partial charge on any atom is 0.308 e. The highest BCUT2D eigenvalue weighted by atomic mass is 16.7. The van der Waals surface area contributed by atoms with Gasteiger partial charge < -0.3 is 18.9 Å². The minimum atomic E-state index is -0.632. The zero-order chi connectivity index (χ0) is 27.2. The number of esters is 2. The topological polar surface area (TPSA) is 71.1 Å². The predicted molar refractivity (Wildman–Crippen MR) is 146 cm³/mol. The summed E-state index contributed by atoms with van der Waals surface area (Å²) in [4.78, 5) is 23.2. The van der Waals surface area contributed by atoms with Gasteiger partial charge in [0, 0.05) is 13.3 Å². The Morgan fingerprint density at radius 1 is 0.946 bits per heavy atom. The minimum Gasteiger partial charge on any atom is -0.463 e. The van der Waals surface area contributed by atoms with Crippen molar-refractivity contribution in [3.63, 3.8) is 0 Å². The lowest BCUT2D eigenvalue weighted by Crippen LogP contribution is -2.25. The van der Waals surface area contributed by atoms with Crippen molar-refractivity contribution in [2.45, 2.75) is 136 Å². The molecule has 208 valence electrons. The van der Waals surface area contributed by atoms with E-state index >= 15 is 0 Å². The van der Waals surface area contributed by atoms with E-state index in [0.717, 1.165) is 12.8 Å². The second kappa shape index (κ2) is 20.7. The van der Waals surface area contributed by atoms with Gasteiger partial charge in [0.25, 0.3) is 0 Å². The van der Waals surface area contributed by atoms with Gasteiger partial charge in [0.15, 0.2) is 11.5 Å². The molecule has 0 aliphatic carbocycles. The minimum absolute atomic E-state index is 0.172.